The van der Waals surface area contributed by atoms with Crippen LogP contribution in [-0.4, -0.2) is 16.5 Å². The highest BCUT2D eigenvalue weighted by atomic mass is 16.5. The summed E-state index contributed by atoms with van der Waals surface area (Å²) in [5.41, 5.74) is 0.380. The van der Waals surface area contributed by atoms with E-state index in [1.165, 1.54) is 0 Å². The molecule has 0 saturated heterocycles. The number of fused-ring (bicyclic) bond motifs is 1. The molecule has 2 heterocycles. The molecule has 24 heavy (non-hydrogen) atoms. The number of para-hydroxylation sites is 1. The van der Waals surface area contributed by atoms with Gasteiger partial charge in [0, 0.05) is 18.3 Å². The molecule has 4 nitrogen and oxygen atoms in total. The maximum Gasteiger partial charge on any atom is 0.167 e. The van der Waals surface area contributed by atoms with Gasteiger partial charge in [0.2, 0.25) is 0 Å². The summed E-state index contributed by atoms with van der Waals surface area (Å²) in [6.45, 7) is 0. The van der Waals surface area contributed by atoms with Crippen molar-refractivity contribution in [1.82, 2.24) is 0 Å². The summed E-state index contributed by atoms with van der Waals surface area (Å²) in [5, 5.41) is 10.8. The summed E-state index contributed by atoms with van der Waals surface area (Å²) in [5.74, 6) is 1.74. The fourth-order valence-electron chi connectivity index (χ4n) is 4.91. The van der Waals surface area contributed by atoms with Crippen molar-refractivity contribution in [2.24, 2.45) is 5.92 Å². The second-order valence-electron chi connectivity index (χ2n) is 6.96. The first-order valence-corrected chi connectivity index (χ1v) is 8.49. The lowest BCUT2D eigenvalue weighted by atomic mass is 9.65. The lowest BCUT2D eigenvalue weighted by Crippen LogP contribution is -2.52. The number of rotatable bonds is 1. The largest absolute Gasteiger partial charge is 0.507 e. The predicted octanol–water partition coefficient (Wildman–Crippen LogP) is 4.24. The minimum absolute atomic E-state index is 0.0109. The molecule has 4 heteroatoms. The predicted molar refractivity (Wildman–Crippen MR) is 87.8 cm³/mol. The number of benzene rings is 1. The highest BCUT2D eigenvalue weighted by Crippen LogP contribution is 2.58. The Hall–Kier alpha value is -2.49. The summed E-state index contributed by atoms with van der Waals surface area (Å²) < 4.78 is 12.1. The Bertz CT molecular complexity index is 848. The van der Waals surface area contributed by atoms with Crippen molar-refractivity contribution in [3.63, 3.8) is 0 Å². The number of furan rings is 1. The molecule has 2 aliphatic carbocycles. The Morgan fingerprint density at radius 2 is 2.04 bits per heavy atom. The first-order valence-electron chi connectivity index (χ1n) is 8.49. The van der Waals surface area contributed by atoms with E-state index in [0.717, 1.165) is 25.0 Å². The zero-order chi connectivity index (χ0) is 16.3. The molecule has 0 radical (unpaired) electrons. The standard InChI is InChI=1S/C20H18O4/c21-15-11-13(16-8-4-10-23-16)14-6-3-9-20(14)18(15)19(22)12-5-1-2-7-17(12)24-20/h1-2,4-5,7-8,10,13-14,22H,3,6,9,11H2/t13-,14+,20?/m1/s1. The van der Waals surface area contributed by atoms with Gasteiger partial charge in [-0.15, -0.1) is 0 Å². The summed E-state index contributed by atoms with van der Waals surface area (Å²) in [7, 11) is 0. The summed E-state index contributed by atoms with van der Waals surface area (Å²) in [6, 6.07) is 11.2. The van der Waals surface area contributed by atoms with Crippen LogP contribution in [0.15, 0.2) is 52.7 Å². The fraction of sp³-hybridized carbons (Fsp3) is 0.350. The van der Waals surface area contributed by atoms with Crippen molar-refractivity contribution in [2.75, 3.05) is 0 Å². The molecular formula is C20H18O4. The van der Waals surface area contributed by atoms with Crippen molar-refractivity contribution in [1.29, 1.82) is 0 Å². The molecule has 1 aliphatic heterocycles. The molecule has 2 aromatic rings. The number of aliphatic hydroxyl groups is 1. The van der Waals surface area contributed by atoms with E-state index in [1.807, 2.05) is 30.3 Å². The third-order valence-electron chi connectivity index (χ3n) is 5.83. The van der Waals surface area contributed by atoms with E-state index in [9.17, 15) is 9.90 Å². The molecule has 122 valence electrons. The number of hydrogen-bond acceptors (Lipinski definition) is 4. The van der Waals surface area contributed by atoms with Crippen LogP contribution >= 0.6 is 0 Å². The van der Waals surface area contributed by atoms with Gasteiger partial charge in [0.15, 0.2) is 5.78 Å². The van der Waals surface area contributed by atoms with Gasteiger partial charge in [-0.05, 0) is 43.5 Å². The molecule has 1 N–H and O–H groups in total. The van der Waals surface area contributed by atoms with Crippen LogP contribution in [0.4, 0.5) is 0 Å². The van der Waals surface area contributed by atoms with Crippen LogP contribution < -0.4 is 4.74 Å². The number of Topliss-reactive ketones (excluding diaryl/α,β-unsaturated/α-hetero) is 1. The maximum absolute atomic E-state index is 13.0. The van der Waals surface area contributed by atoms with Crippen LogP contribution in [-0.2, 0) is 4.79 Å². The zero-order valence-electron chi connectivity index (χ0n) is 13.2. The van der Waals surface area contributed by atoms with Crippen molar-refractivity contribution < 1.29 is 19.1 Å². The minimum Gasteiger partial charge on any atom is -0.507 e. The fourth-order valence-corrected chi connectivity index (χ4v) is 4.91. The number of hydrogen-bond donors (Lipinski definition) is 1. The van der Waals surface area contributed by atoms with Crippen LogP contribution in [0, 0.1) is 5.92 Å². The van der Waals surface area contributed by atoms with Crippen molar-refractivity contribution in [2.45, 2.75) is 37.2 Å². The van der Waals surface area contributed by atoms with Crippen LogP contribution in [0.25, 0.3) is 5.76 Å². The Kier molecular flexibility index (Phi) is 2.76. The van der Waals surface area contributed by atoms with E-state index in [-0.39, 0.29) is 23.4 Å². The van der Waals surface area contributed by atoms with Crippen molar-refractivity contribution in [3.8, 4) is 5.75 Å². The van der Waals surface area contributed by atoms with E-state index in [2.05, 4.69) is 0 Å². The molecule has 5 rings (SSSR count). The quantitative estimate of drug-likeness (QED) is 0.853. The monoisotopic (exact) mass is 322 g/mol. The Balaban J connectivity index is 1.71. The molecule has 1 aromatic heterocycles. The summed E-state index contributed by atoms with van der Waals surface area (Å²) in [4.78, 5) is 13.0. The molecule has 3 atom stereocenters. The minimum atomic E-state index is -0.717. The van der Waals surface area contributed by atoms with Gasteiger partial charge in [-0.25, -0.2) is 0 Å². The highest BCUT2D eigenvalue weighted by molar-refractivity contribution is 6.06. The topological polar surface area (TPSA) is 59.7 Å². The van der Waals surface area contributed by atoms with E-state index < -0.39 is 5.60 Å². The van der Waals surface area contributed by atoms with Gasteiger partial charge < -0.3 is 14.3 Å². The van der Waals surface area contributed by atoms with Gasteiger partial charge in [-0.1, -0.05) is 12.1 Å². The van der Waals surface area contributed by atoms with Crippen LogP contribution in [0.5, 0.6) is 5.75 Å². The number of ether oxygens (including phenoxy) is 1. The van der Waals surface area contributed by atoms with E-state index in [0.29, 0.717) is 23.3 Å². The first-order chi connectivity index (χ1) is 11.7. The van der Waals surface area contributed by atoms with Gasteiger partial charge in [0.25, 0.3) is 0 Å². The van der Waals surface area contributed by atoms with E-state index in [4.69, 9.17) is 9.15 Å². The third kappa shape index (κ3) is 1.66. The number of carbonyl (C=O) groups is 1. The van der Waals surface area contributed by atoms with Crippen molar-refractivity contribution in [3.05, 3.63) is 59.6 Å². The van der Waals surface area contributed by atoms with Gasteiger partial charge in [-0.2, -0.15) is 0 Å². The van der Waals surface area contributed by atoms with Crippen LogP contribution in [0.2, 0.25) is 0 Å². The lowest BCUT2D eigenvalue weighted by Gasteiger charge is -2.46. The second-order valence-corrected chi connectivity index (χ2v) is 6.96. The SMILES string of the molecule is O=C1C[C@@H](c2ccco2)[C@@H]2CCCC23Oc2ccccc2C(O)=C13. The molecule has 0 bridgehead atoms. The van der Waals surface area contributed by atoms with E-state index in [1.54, 1.807) is 12.3 Å². The maximum atomic E-state index is 13.0. The molecular weight excluding hydrogens is 304 g/mol. The highest BCUT2D eigenvalue weighted by Gasteiger charge is 2.60. The van der Waals surface area contributed by atoms with Gasteiger partial charge in [0.05, 0.1) is 17.4 Å². The number of carbonyl (C=O) groups excluding carboxylic acids is 1. The average molecular weight is 322 g/mol. The Labute approximate surface area is 139 Å². The molecule has 2 fully saturated rings. The molecule has 0 amide bonds. The Morgan fingerprint density at radius 1 is 1.17 bits per heavy atom. The number of ketones is 1. The molecule has 1 aromatic carbocycles. The Morgan fingerprint density at radius 3 is 2.88 bits per heavy atom. The normalized spacial score (nSPS) is 31.2. The third-order valence-corrected chi connectivity index (χ3v) is 5.83. The van der Waals surface area contributed by atoms with Gasteiger partial charge >= 0.3 is 0 Å². The molecule has 1 unspecified atom stereocenters. The summed E-state index contributed by atoms with van der Waals surface area (Å²) in [6.07, 6.45) is 4.73. The smallest absolute Gasteiger partial charge is 0.167 e. The van der Waals surface area contributed by atoms with Crippen molar-refractivity contribution >= 4 is 11.5 Å². The molecule has 2 saturated carbocycles. The van der Waals surface area contributed by atoms with Crippen LogP contribution in [0.1, 0.15) is 42.9 Å². The lowest BCUT2D eigenvalue weighted by molar-refractivity contribution is -0.122. The molecule has 3 aliphatic rings. The zero-order valence-corrected chi connectivity index (χ0v) is 13.2. The molecule has 1 spiro atoms. The van der Waals surface area contributed by atoms with Gasteiger partial charge in [-0.3, -0.25) is 4.79 Å². The van der Waals surface area contributed by atoms with E-state index >= 15 is 0 Å². The second kappa shape index (κ2) is 4.76. The van der Waals surface area contributed by atoms with Crippen LogP contribution in [0.3, 0.4) is 0 Å². The number of aliphatic hydroxyl groups excluding tert-OH is 1. The van der Waals surface area contributed by atoms with Gasteiger partial charge in [0.1, 0.15) is 22.9 Å². The first kappa shape index (κ1) is 13.9. The summed E-state index contributed by atoms with van der Waals surface area (Å²) >= 11 is 0. The average Bonchev–Trinajstić information content (AvgIpc) is 3.23.